The first-order valence-electron chi connectivity index (χ1n) is 15.4. The number of hydrogen-bond acceptors (Lipinski definition) is 3. The van der Waals surface area contributed by atoms with E-state index < -0.39 is 0 Å². The molecule has 2 atom stereocenters. The molecule has 4 nitrogen and oxygen atoms in total. The van der Waals surface area contributed by atoms with Crippen LogP contribution in [-0.4, -0.2) is 54.7 Å². The molecule has 5 rings (SSSR count). The molecule has 2 aromatic rings. The zero-order valence-corrected chi connectivity index (χ0v) is 23.7. The second-order valence-corrected chi connectivity index (χ2v) is 11.8. The van der Waals surface area contributed by atoms with E-state index >= 15 is 0 Å². The number of nitrogens with zero attached hydrogens (tertiary/aromatic N) is 2. The summed E-state index contributed by atoms with van der Waals surface area (Å²) in [5.74, 6) is 1.65. The van der Waals surface area contributed by atoms with Crippen molar-refractivity contribution in [3.8, 4) is 0 Å². The minimum atomic E-state index is -0.0844. The molecule has 2 aliphatic carbocycles. The Hall–Kier alpha value is -2.33. The number of rotatable bonds is 8. The average molecular weight is 519 g/mol. The molecule has 1 unspecified atom stereocenters. The maximum absolute atomic E-state index is 12.6. The summed E-state index contributed by atoms with van der Waals surface area (Å²) in [6.07, 6.45) is 16.3. The van der Waals surface area contributed by atoms with Crippen LogP contribution in [0.25, 0.3) is 0 Å². The van der Waals surface area contributed by atoms with Crippen molar-refractivity contribution in [2.75, 3.05) is 26.7 Å². The molecule has 0 bridgehead atoms. The summed E-state index contributed by atoms with van der Waals surface area (Å²) in [5.41, 5.74) is 1.48. The fourth-order valence-electron chi connectivity index (χ4n) is 6.98. The van der Waals surface area contributed by atoms with Crippen molar-refractivity contribution < 1.29 is 9.53 Å². The molecule has 3 fully saturated rings. The van der Waals surface area contributed by atoms with Gasteiger partial charge in [-0.3, -0.25) is 0 Å². The summed E-state index contributed by atoms with van der Waals surface area (Å²) in [4.78, 5) is 17.5. The van der Waals surface area contributed by atoms with Gasteiger partial charge in [-0.1, -0.05) is 92.4 Å². The molecule has 38 heavy (non-hydrogen) atoms. The van der Waals surface area contributed by atoms with Crippen LogP contribution in [0.1, 0.15) is 82.6 Å². The quantitative estimate of drug-likeness (QED) is 0.355. The first-order valence-corrected chi connectivity index (χ1v) is 15.4. The van der Waals surface area contributed by atoms with E-state index in [-0.39, 0.29) is 6.09 Å². The van der Waals surface area contributed by atoms with Gasteiger partial charge in [0.25, 0.3) is 0 Å². The summed E-state index contributed by atoms with van der Waals surface area (Å²) >= 11 is 0. The molecule has 0 aromatic heterocycles. The number of ether oxygens (including phenoxy) is 1. The van der Waals surface area contributed by atoms with Gasteiger partial charge in [0.2, 0.25) is 0 Å². The monoisotopic (exact) mass is 518 g/mol. The third kappa shape index (κ3) is 9.15. The van der Waals surface area contributed by atoms with Crippen LogP contribution in [0.3, 0.4) is 0 Å². The molecule has 0 spiro atoms. The Morgan fingerprint density at radius 2 is 1.42 bits per heavy atom. The lowest BCUT2D eigenvalue weighted by Crippen LogP contribution is -2.47. The van der Waals surface area contributed by atoms with E-state index in [1.54, 1.807) is 7.11 Å². The fraction of sp³-hybridized carbons (Fsp3) is 0.618. The maximum Gasteiger partial charge on any atom is 0.409 e. The predicted octanol–water partition coefficient (Wildman–Crippen LogP) is 7.98. The highest BCUT2D eigenvalue weighted by molar-refractivity contribution is 5.68. The summed E-state index contributed by atoms with van der Waals surface area (Å²) in [6.45, 7) is 3.76. The van der Waals surface area contributed by atoms with E-state index in [1.807, 2.05) is 36.4 Å². The van der Waals surface area contributed by atoms with Gasteiger partial charge < -0.3 is 14.5 Å². The van der Waals surface area contributed by atoms with Crippen molar-refractivity contribution in [1.29, 1.82) is 0 Å². The molecule has 2 saturated carbocycles. The van der Waals surface area contributed by atoms with E-state index in [9.17, 15) is 4.79 Å². The molecule has 0 N–H and O–H groups in total. The number of benzene rings is 2. The van der Waals surface area contributed by atoms with Gasteiger partial charge >= 0.3 is 6.09 Å². The second-order valence-electron chi connectivity index (χ2n) is 11.8. The topological polar surface area (TPSA) is 32.8 Å². The standard InChI is InChI=1S/C28H44N2O2.C6H6/c1-32-28(31)30(26-13-6-3-7-14-26)27-16-15-25(21-27)22-29-19-17-24(18-20-29)12-8-11-23-9-4-2-5-10-23;1-2-4-6-5-3-1/h2,4-5,9-10,24-27H,3,6-8,11-22H2,1H3;1-6H/t25-,27?;/m1./s1. The molecule has 0 radical (unpaired) electrons. The van der Waals surface area contributed by atoms with Crippen LogP contribution in [0.5, 0.6) is 0 Å². The van der Waals surface area contributed by atoms with Crippen LogP contribution in [-0.2, 0) is 11.2 Å². The third-order valence-corrected chi connectivity index (χ3v) is 9.07. The minimum Gasteiger partial charge on any atom is -0.453 e. The van der Waals surface area contributed by atoms with Crippen molar-refractivity contribution in [1.82, 2.24) is 9.80 Å². The molecular formula is C34H50N2O2. The van der Waals surface area contributed by atoms with Gasteiger partial charge in [-0.15, -0.1) is 0 Å². The molecule has 1 amide bonds. The minimum absolute atomic E-state index is 0.0844. The lowest BCUT2D eigenvalue weighted by molar-refractivity contribution is 0.0684. The first kappa shape index (κ1) is 28.7. The van der Waals surface area contributed by atoms with Crippen LogP contribution in [0.2, 0.25) is 0 Å². The molecule has 1 saturated heterocycles. The third-order valence-electron chi connectivity index (χ3n) is 9.07. The number of likely N-dealkylation sites (tertiary alicyclic amines) is 1. The summed E-state index contributed by atoms with van der Waals surface area (Å²) < 4.78 is 5.21. The van der Waals surface area contributed by atoms with Crippen LogP contribution in [0.15, 0.2) is 66.7 Å². The number of aryl methyl sites for hydroxylation is 1. The predicted molar refractivity (Wildman–Crippen MR) is 157 cm³/mol. The van der Waals surface area contributed by atoms with Gasteiger partial charge in [0, 0.05) is 18.6 Å². The highest BCUT2D eigenvalue weighted by atomic mass is 16.5. The number of carbonyl (C=O) groups excluding carboxylic acids is 1. The van der Waals surface area contributed by atoms with Crippen molar-refractivity contribution >= 4 is 6.09 Å². The van der Waals surface area contributed by atoms with Crippen LogP contribution in [0.4, 0.5) is 4.79 Å². The highest BCUT2D eigenvalue weighted by Crippen LogP contribution is 2.35. The summed E-state index contributed by atoms with van der Waals surface area (Å²) in [5, 5.41) is 0. The van der Waals surface area contributed by atoms with E-state index in [4.69, 9.17) is 4.74 Å². The summed E-state index contributed by atoms with van der Waals surface area (Å²) in [6, 6.07) is 23.7. The van der Waals surface area contributed by atoms with Crippen molar-refractivity contribution in [3.05, 3.63) is 72.3 Å². The zero-order chi connectivity index (χ0) is 26.4. The highest BCUT2D eigenvalue weighted by Gasteiger charge is 2.37. The molecule has 208 valence electrons. The molecule has 3 aliphatic rings. The first-order chi connectivity index (χ1) is 18.7. The summed E-state index contributed by atoms with van der Waals surface area (Å²) in [7, 11) is 1.55. The molecule has 1 aliphatic heterocycles. The Morgan fingerprint density at radius 1 is 0.789 bits per heavy atom. The molecule has 1 heterocycles. The Labute approximate surface area is 231 Å². The van der Waals surface area contributed by atoms with E-state index in [0.29, 0.717) is 12.1 Å². The van der Waals surface area contributed by atoms with Gasteiger partial charge in [0.1, 0.15) is 0 Å². The van der Waals surface area contributed by atoms with Crippen molar-refractivity contribution in [2.24, 2.45) is 11.8 Å². The smallest absolute Gasteiger partial charge is 0.409 e. The number of hydrogen-bond donors (Lipinski definition) is 0. The maximum atomic E-state index is 12.6. The Kier molecular flexibility index (Phi) is 12.0. The molecule has 4 heteroatoms. The van der Waals surface area contributed by atoms with Crippen molar-refractivity contribution in [2.45, 2.75) is 95.6 Å². The zero-order valence-electron chi connectivity index (χ0n) is 23.7. The van der Waals surface area contributed by atoms with Crippen LogP contribution < -0.4 is 0 Å². The normalized spacial score (nSPS) is 22.9. The van der Waals surface area contributed by atoms with Crippen LogP contribution in [0, 0.1) is 11.8 Å². The second kappa shape index (κ2) is 15.9. The van der Waals surface area contributed by atoms with Crippen molar-refractivity contribution in [3.63, 3.8) is 0 Å². The van der Waals surface area contributed by atoms with Gasteiger partial charge in [-0.2, -0.15) is 0 Å². The number of amides is 1. The fourth-order valence-corrected chi connectivity index (χ4v) is 6.98. The Bertz CT molecular complexity index is 865. The number of piperidine rings is 1. The SMILES string of the molecule is COC(=O)N(C1CCCCC1)C1CC[C@@H](CN2CCC(CCCc3ccccc3)CC2)C1.c1ccccc1. The molecule has 2 aromatic carbocycles. The van der Waals surface area contributed by atoms with Crippen LogP contribution >= 0.6 is 0 Å². The van der Waals surface area contributed by atoms with E-state index in [0.717, 1.165) is 31.1 Å². The number of methoxy groups -OCH3 is 1. The average Bonchev–Trinajstić information content (AvgIpc) is 3.44. The van der Waals surface area contributed by atoms with E-state index in [2.05, 4.69) is 40.1 Å². The van der Waals surface area contributed by atoms with E-state index in [1.165, 1.54) is 89.4 Å². The number of carbonyl (C=O) groups is 1. The molecular weight excluding hydrogens is 468 g/mol. The van der Waals surface area contributed by atoms with Gasteiger partial charge in [-0.25, -0.2) is 4.79 Å². The Balaban J connectivity index is 0.000000494. The lowest BCUT2D eigenvalue weighted by Gasteiger charge is -2.38. The largest absolute Gasteiger partial charge is 0.453 e. The van der Waals surface area contributed by atoms with Gasteiger partial charge in [-0.05, 0) is 88.3 Å². The Morgan fingerprint density at radius 3 is 2.05 bits per heavy atom. The van der Waals surface area contributed by atoms with Gasteiger partial charge in [0.05, 0.1) is 7.11 Å². The van der Waals surface area contributed by atoms with Gasteiger partial charge in [0.15, 0.2) is 0 Å². The lowest BCUT2D eigenvalue weighted by atomic mass is 9.90.